The van der Waals surface area contributed by atoms with Gasteiger partial charge in [0, 0.05) is 12.1 Å². The third kappa shape index (κ3) is 2.21. The van der Waals surface area contributed by atoms with Gasteiger partial charge in [-0.2, -0.15) is 0 Å². The predicted molar refractivity (Wildman–Crippen MR) is 40.3 cm³/mol. The fourth-order valence-electron chi connectivity index (χ4n) is 0.679. The second kappa shape index (κ2) is 2.86. The van der Waals surface area contributed by atoms with Crippen LogP contribution in [0.15, 0.2) is 11.8 Å². The van der Waals surface area contributed by atoms with Crippen molar-refractivity contribution in [2.75, 3.05) is 0 Å². The largest absolute Gasteiger partial charge is 0.333 e. The maximum absolute atomic E-state index is 11.0. The molecule has 1 N–H and O–H groups in total. The van der Waals surface area contributed by atoms with Crippen molar-refractivity contribution in [1.29, 1.82) is 0 Å². The van der Waals surface area contributed by atoms with Crippen LogP contribution in [-0.4, -0.2) is 5.91 Å². The molecule has 0 atom stereocenters. The second-order valence-corrected chi connectivity index (χ2v) is 3.00. The highest BCUT2D eigenvalue weighted by Crippen LogP contribution is 2.28. The number of rotatable bonds is 2. The molecule has 0 aromatic heterocycles. The highest BCUT2D eigenvalue weighted by Gasteiger charge is 2.28. The summed E-state index contributed by atoms with van der Waals surface area (Å²) in [5.74, 6) is 0.497. The molecule has 0 spiro atoms. The molecule has 1 amide bonds. The average molecular weight is 139 g/mol. The molecule has 56 valence electrons. The van der Waals surface area contributed by atoms with Crippen LogP contribution in [0.1, 0.15) is 26.7 Å². The molecule has 1 aliphatic carbocycles. The van der Waals surface area contributed by atoms with Gasteiger partial charge in [-0.3, -0.25) is 4.79 Å². The molecule has 0 aromatic rings. The molecule has 1 saturated carbocycles. The maximum Gasteiger partial charge on any atom is 0.227 e. The number of allylic oxidation sites excluding steroid dienone is 1. The van der Waals surface area contributed by atoms with Crippen molar-refractivity contribution in [2.45, 2.75) is 26.7 Å². The lowest BCUT2D eigenvalue weighted by atomic mass is 10.3. The third-order valence-corrected chi connectivity index (χ3v) is 1.45. The van der Waals surface area contributed by atoms with Crippen molar-refractivity contribution in [3.63, 3.8) is 0 Å². The minimum atomic E-state index is 0.182. The highest BCUT2D eigenvalue weighted by molar-refractivity contribution is 5.81. The van der Waals surface area contributed by atoms with Crippen molar-refractivity contribution in [3.8, 4) is 0 Å². The zero-order valence-electron chi connectivity index (χ0n) is 6.48. The van der Waals surface area contributed by atoms with Crippen molar-refractivity contribution in [1.82, 2.24) is 5.32 Å². The van der Waals surface area contributed by atoms with Gasteiger partial charge in [-0.1, -0.05) is 5.57 Å². The van der Waals surface area contributed by atoms with Gasteiger partial charge in [0.2, 0.25) is 5.91 Å². The van der Waals surface area contributed by atoms with Gasteiger partial charge in [0.25, 0.3) is 0 Å². The van der Waals surface area contributed by atoms with E-state index in [1.165, 1.54) is 0 Å². The van der Waals surface area contributed by atoms with Crippen LogP contribution in [0.5, 0.6) is 0 Å². The predicted octanol–water partition coefficient (Wildman–Crippen LogP) is 1.44. The summed E-state index contributed by atoms with van der Waals surface area (Å²) in [7, 11) is 0. The quantitative estimate of drug-likeness (QED) is 0.616. The molecule has 2 nitrogen and oxygen atoms in total. The van der Waals surface area contributed by atoms with Crippen LogP contribution in [0.25, 0.3) is 0 Å². The molecule has 0 aromatic carbocycles. The summed E-state index contributed by atoms with van der Waals surface area (Å²) in [6.07, 6.45) is 3.91. The van der Waals surface area contributed by atoms with Gasteiger partial charge in [-0.15, -0.1) is 0 Å². The van der Waals surface area contributed by atoms with Gasteiger partial charge in [0.1, 0.15) is 0 Å². The van der Waals surface area contributed by atoms with Crippen molar-refractivity contribution >= 4 is 5.91 Å². The Morgan fingerprint density at radius 3 is 2.50 bits per heavy atom. The first-order valence-corrected chi connectivity index (χ1v) is 3.64. The molecule has 10 heavy (non-hydrogen) atoms. The number of carbonyl (C=O) groups is 1. The zero-order valence-corrected chi connectivity index (χ0v) is 6.48. The van der Waals surface area contributed by atoms with Gasteiger partial charge in [0.15, 0.2) is 0 Å². The topological polar surface area (TPSA) is 29.1 Å². The molecule has 1 aliphatic rings. The standard InChI is InChI=1S/C8H13NO/c1-6(2)5-9-8(10)7-3-4-7/h5,7H,3-4H2,1-2H3,(H,9,10). The third-order valence-electron chi connectivity index (χ3n) is 1.45. The minimum Gasteiger partial charge on any atom is -0.333 e. The zero-order chi connectivity index (χ0) is 7.56. The molecular weight excluding hydrogens is 126 g/mol. The van der Waals surface area contributed by atoms with Crippen LogP contribution in [0.2, 0.25) is 0 Å². The minimum absolute atomic E-state index is 0.182. The molecule has 1 fully saturated rings. The summed E-state index contributed by atoms with van der Waals surface area (Å²) in [6, 6.07) is 0. The van der Waals surface area contributed by atoms with Gasteiger partial charge in [0.05, 0.1) is 0 Å². The Balaban J connectivity index is 2.24. The lowest BCUT2D eigenvalue weighted by Crippen LogP contribution is -2.18. The number of nitrogens with one attached hydrogen (secondary N) is 1. The molecule has 0 bridgehead atoms. The highest BCUT2D eigenvalue weighted by atomic mass is 16.1. The molecule has 0 radical (unpaired) electrons. The number of amides is 1. The van der Waals surface area contributed by atoms with Crippen molar-refractivity contribution < 1.29 is 4.79 Å². The van der Waals surface area contributed by atoms with E-state index < -0.39 is 0 Å². The molecule has 0 saturated heterocycles. The van der Waals surface area contributed by atoms with E-state index in [2.05, 4.69) is 5.32 Å². The first-order chi connectivity index (χ1) is 4.70. The van der Waals surface area contributed by atoms with Gasteiger partial charge < -0.3 is 5.32 Å². The first kappa shape index (κ1) is 7.32. The molecule has 0 aliphatic heterocycles. The Morgan fingerprint density at radius 1 is 1.50 bits per heavy atom. The van der Waals surface area contributed by atoms with E-state index >= 15 is 0 Å². The van der Waals surface area contributed by atoms with E-state index in [0.717, 1.165) is 18.4 Å². The molecular formula is C8H13NO. The smallest absolute Gasteiger partial charge is 0.227 e. The lowest BCUT2D eigenvalue weighted by Gasteiger charge is -1.95. The Kier molecular flexibility index (Phi) is 2.10. The summed E-state index contributed by atoms with van der Waals surface area (Å²) in [5.41, 5.74) is 1.13. The van der Waals surface area contributed by atoms with Gasteiger partial charge >= 0.3 is 0 Å². The summed E-state index contributed by atoms with van der Waals surface area (Å²) in [6.45, 7) is 3.93. The second-order valence-electron chi connectivity index (χ2n) is 3.00. The fourth-order valence-corrected chi connectivity index (χ4v) is 0.679. The van der Waals surface area contributed by atoms with E-state index in [0.29, 0.717) is 5.92 Å². The van der Waals surface area contributed by atoms with Crippen molar-refractivity contribution in [2.24, 2.45) is 5.92 Å². The SMILES string of the molecule is CC(C)=CNC(=O)C1CC1. The molecule has 2 heteroatoms. The van der Waals surface area contributed by atoms with Crippen molar-refractivity contribution in [3.05, 3.63) is 11.8 Å². The molecule has 1 rings (SSSR count). The Labute approximate surface area is 61.3 Å². The van der Waals surface area contributed by atoms with E-state index in [-0.39, 0.29) is 5.91 Å². The normalized spacial score (nSPS) is 16.2. The van der Waals surface area contributed by atoms with Crippen LogP contribution in [0.4, 0.5) is 0 Å². The van der Waals surface area contributed by atoms with Crippen LogP contribution in [0, 0.1) is 5.92 Å². The van der Waals surface area contributed by atoms with Crippen LogP contribution in [-0.2, 0) is 4.79 Å². The monoisotopic (exact) mass is 139 g/mol. The van der Waals surface area contributed by atoms with E-state index in [4.69, 9.17) is 0 Å². The summed E-state index contributed by atoms with van der Waals surface area (Å²) >= 11 is 0. The Bertz CT molecular complexity index is 164. The average Bonchev–Trinajstić information content (AvgIpc) is 2.63. The Hall–Kier alpha value is -0.790. The summed E-state index contributed by atoms with van der Waals surface area (Å²) < 4.78 is 0. The van der Waals surface area contributed by atoms with Crippen LogP contribution >= 0.6 is 0 Å². The van der Waals surface area contributed by atoms with Gasteiger partial charge in [-0.05, 0) is 26.7 Å². The molecule has 0 heterocycles. The Morgan fingerprint density at radius 2 is 2.10 bits per heavy atom. The maximum atomic E-state index is 11.0. The van der Waals surface area contributed by atoms with E-state index in [9.17, 15) is 4.79 Å². The number of hydrogen-bond acceptors (Lipinski definition) is 1. The number of hydrogen-bond donors (Lipinski definition) is 1. The number of carbonyl (C=O) groups excluding carboxylic acids is 1. The lowest BCUT2D eigenvalue weighted by molar-refractivity contribution is -0.121. The van der Waals surface area contributed by atoms with Crippen LogP contribution < -0.4 is 5.32 Å². The van der Waals surface area contributed by atoms with Crippen LogP contribution in [0.3, 0.4) is 0 Å². The van der Waals surface area contributed by atoms with E-state index in [1.54, 1.807) is 6.20 Å². The van der Waals surface area contributed by atoms with E-state index in [1.807, 2.05) is 13.8 Å². The first-order valence-electron chi connectivity index (χ1n) is 3.64. The molecule has 0 unspecified atom stereocenters. The summed E-state index contributed by atoms with van der Waals surface area (Å²) in [5, 5.41) is 2.74. The fraction of sp³-hybridized carbons (Fsp3) is 0.625. The summed E-state index contributed by atoms with van der Waals surface area (Å²) in [4.78, 5) is 11.0. The van der Waals surface area contributed by atoms with Gasteiger partial charge in [-0.25, -0.2) is 0 Å².